The van der Waals surface area contributed by atoms with Crippen LogP contribution in [0.3, 0.4) is 0 Å². The van der Waals surface area contributed by atoms with Gasteiger partial charge in [0.2, 0.25) is 0 Å². The summed E-state index contributed by atoms with van der Waals surface area (Å²) in [7, 11) is 0. The average Bonchev–Trinajstić information content (AvgIpc) is 2.81. The number of rotatable bonds is 3. The third-order valence-electron chi connectivity index (χ3n) is 3.26. The number of amides is 1. The minimum Gasteiger partial charge on any atom is -0.338 e. The van der Waals surface area contributed by atoms with Gasteiger partial charge in [-0.15, -0.1) is 0 Å². The van der Waals surface area contributed by atoms with Crippen LogP contribution in [0.1, 0.15) is 23.2 Å². The predicted molar refractivity (Wildman–Crippen MR) is 81.6 cm³/mol. The number of halogens is 3. The van der Waals surface area contributed by atoms with E-state index in [-0.39, 0.29) is 5.91 Å². The van der Waals surface area contributed by atoms with Gasteiger partial charge in [0.15, 0.2) is 0 Å². The Balaban J connectivity index is 2.05. The van der Waals surface area contributed by atoms with Gasteiger partial charge in [-0.05, 0) is 52.9 Å². The monoisotopic (exact) mass is 393 g/mol. The number of carbonyl (C=O) groups is 1. The van der Waals surface area contributed by atoms with E-state index in [1.54, 1.807) is 18.2 Å². The number of likely N-dealkylation sites (tertiary alicyclic amines) is 1. The van der Waals surface area contributed by atoms with Crippen molar-refractivity contribution in [3.63, 3.8) is 0 Å². The minimum absolute atomic E-state index is 0.101. The normalized spacial score (nSPS) is 19.3. The van der Waals surface area contributed by atoms with Gasteiger partial charge in [-0.3, -0.25) is 4.79 Å². The average molecular weight is 396 g/mol. The Labute approximate surface area is 129 Å². The fourth-order valence-corrected chi connectivity index (χ4v) is 3.36. The molecule has 2 rings (SSSR count). The molecule has 1 aliphatic rings. The highest BCUT2D eigenvalue weighted by atomic mass is 79.9. The summed E-state index contributed by atoms with van der Waals surface area (Å²) < 4.78 is 0.770. The van der Waals surface area contributed by atoms with Crippen molar-refractivity contribution in [3.8, 4) is 0 Å². The molecule has 1 saturated heterocycles. The summed E-state index contributed by atoms with van der Waals surface area (Å²) in [6, 6.07) is 5.33. The molecular weight excluding hydrogens is 381 g/mol. The Bertz CT molecular complexity index is 453. The molecule has 1 heterocycles. The van der Waals surface area contributed by atoms with Crippen LogP contribution in [0.5, 0.6) is 0 Å². The molecule has 1 aliphatic heterocycles. The number of benzene rings is 1. The van der Waals surface area contributed by atoms with Crippen LogP contribution in [0.25, 0.3) is 0 Å². The molecule has 1 fully saturated rings. The molecule has 1 amide bonds. The fraction of sp³-hybridized carbons (Fsp3) is 0.462. The summed E-state index contributed by atoms with van der Waals surface area (Å²) in [5.41, 5.74) is 0.700. The molecule has 0 saturated carbocycles. The Morgan fingerprint density at radius 2 is 2.28 bits per heavy atom. The zero-order valence-electron chi connectivity index (χ0n) is 9.83. The van der Waals surface area contributed by atoms with Crippen LogP contribution < -0.4 is 0 Å². The molecule has 0 spiro atoms. The van der Waals surface area contributed by atoms with Gasteiger partial charge >= 0.3 is 0 Å². The SMILES string of the molecule is O=C(c1ccc(Cl)c(Br)c1)N1CCC(CCBr)C1. The summed E-state index contributed by atoms with van der Waals surface area (Å²) in [5.74, 6) is 0.730. The van der Waals surface area contributed by atoms with E-state index in [4.69, 9.17) is 11.6 Å². The van der Waals surface area contributed by atoms with Crippen LogP contribution in [0.4, 0.5) is 0 Å². The van der Waals surface area contributed by atoms with E-state index in [1.165, 1.54) is 0 Å². The molecular formula is C13H14Br2ClNO. The van der Waals surface area contributed by atoms with Gasteiger partial charge in [0.1, 0.15) is 0 Å². The Kier molecular flexibility index (Phi) is 5.10. The van der Waals surface area contributed by atoms with Crippen LogP contribution in [0, 0.1) is 5.92 Å². The first-order valence-electron chi connectivity index (χ1n) is 5.92. The van der Waals surface area contributed by atoms with Gasteiger partial charge in [0.25, 0.3) is 5.91 Å². The van der Waals surface area contributed by atoms with Crippen molar-refractivity contribution in [1.29, 1.82) is 0 Å². The quantitative estimate of drug-likeness (QED) is 0.697. The summed E-state index contributed by atoms with van der Waals surface area (Å²) in [4.78, 5) is 14.2. The third kappa shape index (κ3) is 3.28. The Morgan fingerprint density at radius 3 is 2.94 bits per heavy atom. The van der Waals surface area contributed by atoms with Gasteiger partial charge in [-0.1, -0.05) is 27.5 Å². The maximum absolute atomic E-state index is 12.3. The van der Waals surface area contributed by atoms with Crippen molar-refractivity contribution in [2.75, 3.05) is 18.4 Å². The number of hydrogen-bond acceptors (Lipinski definition) is 1. The lowest BCUT2D eigenvalue weighted by Crippen LogP contribution is -2.28. The van der Waals surface area contributed by atoms with Gasteiger partial charge in [-0.25, -0.2) is 0 Å². The van der Waals surface area contributed by atoms with Crippen molar-refractivity contribution < 1.29 is 4.79 Å². The van der Waals surface area contributed by atoms with Crippen LogP contribution in [-0.4, -0.2) is 29.2 Å². The predicted octanol–water partition coefficient (Wildman–Crippen LogP) is 4.35. The molecule has 2 nitrogen and oxygen atoms in total. The summed E-state index contributed by atoms with van der Waals surface area (Å²) >= 11 is 12.7. The van der Waals surface area contributed by atoms with Gasteiger partial charge < -0.3 is 4.90 Å². The lowest BCUT2D eigenvalue weighted by molar-refractivity contribution is 0.0787. The second kappa shape index (κ2) is 6.40. The molecule has 0 aliphatic carbocycles. The molecule has 1 atom stereocenters. The second-order valence-corrected chi connectivity index (χ2v) is 6.57. The first-order valence-corrected chi connectivity index (χ1v) is 8.21. The maximum atomic E-state index is 12.3. The van der Waals surface area contributed by atoms with Crippen molar-refractivity contribution in [2.24, 2.45) is 5.92 Å². The highest BCUT2D eigenvalue weighted by molar-refractivity contribution is 9.10. The molecule has 0 aromatic heterocycles. The van der Waals surface area contributed by atoms with Crippen LogP contribution in [-0.2, 0) is 0 Å². The molecule has 1 unspecified atom stereocenters. The number of hydrogen-bond donors (Lipinski definition) is 0. The molecule has 0 N–H and O–H groups in total. The van der Waals surface area contributed by atoms with E-state index in [1.807, 2.05) is 4.90 Å². The van der Waals surface area contributed by atoms with E-state index in [0.717, 1.165) is 35.7 Å². The van der Waals surface area contributed by atoms with Crippen molar-refractivity contribution in [1.82, 2.24) is 4.90 Å². The topological polar surface area (TPSA) is 20.3 Å². The zero-order chi connectivity index (χ0) is 13.1. The molecule has 1 aromatic rings. The fourth-order valence-electron chi connectivity index (χ4n) is 2.22. The summed E-state index contributed by atoms with van der Waals surface area (Å²) in [5, 5.41) is 1.64. The molecule has 5 heteroatoms. The van der Waals surface area contributed by atoms with E-state index in [0.29, 0.717) is 16.5 Å². The lowest BCUT2D eigenvalue weighted by Gasteiger charge is -2.16. The van der Waals surface area contributed by atoms with Crippen molar-refractivity contribution in [3.05, 3.63) is 33.3 Å². The van der Waals surface area contributed by atoms with Crippen LogP contribution in [0.15, 0.2) is 22.7 Å². The molecule has 0 radical (unpaired) electrons. The lowest BCUT2D eigenvalue weighted by atomic mass is 10.1. The van der Waals surface area contributed by atoms with Crippen molar-refractivity contribution >= 4 is 49.4 Å². The first-order chi connectivity index (χ1) is 8.61. The largest absolute Gasteiger partial charge is 0.338 e. The molecule has 98 valence electrons. The summed E-state index contributed by atoms with van der Waals surface area (Å²) in [6.07, 6.45) is 2.24. The standard InChI is InChI=1S/C13H14Br2ClNO/c14-5-3-9-4-6-17(8-9)13(18)10-1-2-12(16)11(15)7-10/h1-2,7,9H,3-6,8H2. The first kappa shape index (κ1) is 14.4. The molecule has 1 aromatic carbocycles. The highest BCUT2D eigenvalue weighted by Crippen LogP contribution is 2.26. The number of alkyl halides is 1. The van der Waals surface area contributed by atoms with Crippen LogP contribution >= 0.6 is 43.5 Å². The third-order valence-corrected chi connectivity index (χ3v) is 4.93. The zero-order valence-corrected chi connectivity index (χ0v) is 13.8. The van der Waals surface area contributed by atoms with E-state index < -0.39 is 0 Å². The minimum atomic E-state index is 0.101. The van der Waals surface area contributed by atoms with E-state index in [2.05, 4.69) is 31.9 Å². The molecule has 0 bridgehead atoms. The smallest absolute Gasteiger partial charge is 0.253 e. The second-order valence-electron chi connectivity index (χ2n) is 4.51. The van der Waals surface area contributed by atoms with Crippen molar-refractivity contribution in [2.45, 2.75) is 12.8 Å². The van der Waals surface area contributed by atoms with Crippen LogP contribution in [0.2, 0.25) is 5.02 Å². The Hall–Kier alpha value is -0.0600. The van der Waals surface area contributed by atoms with E-state index in [9.17, 15) is 4.79 Å². The van der Waals surface area contributed by atoms with Gasteiger partial charge in [0.05, 0.1) is 5.02 Å². The van der Waals surface area contributed by atoms with Gasteiger partial charge in [0, 0.05) is 28.5 Å². The Morgan fingerprint density at radius 1 is 1.50 bits per heavy atom. The van der Waals surface area contributed by atoms with E-state index >= 15 is 0 Å². The highest BCUT2D eigenvalue weighted by Gasteiger charge is 2.26. The number of nitrogens with zero attached hydrogens (tertiary/aromatic N) is 1. The summed E-state index contributed by atoms with van der Waals surface area (Å²) in [6.45, 7) is 1.72. The van der Waals surface area contributed by atoms with Gasteiger partial charge in [-0.2, -0.15) is 0 Å². The molecule has 18 heavy (non-hydrogen) atoms. The number of carbonyl (C=O) groups excluding carboxylic acids is 1. The maximum Gasteiger partial charge on any atom is 0.253 e.